The van der Waals surface area contributed by atoms with Crippen molar-refractivity contribution in [3.8, 4) is 0 Å². The summed E-state index contributed by atoms with van der Waals surface area (Å²) in [6.07, 6.45) is 0.401. The van der Waals surface area contributed by atoms with Crippen molar-refractivity contribution in [3.63, 3.8) is 0 Å². The highest BCUT2D eigenvalue weighted by Gasteiger charge is 2.33. The van der Waals surface area contributed by atoms with Crippen LogP contribution in [-0.2, 0) is 17.4 Å². The molecule has 6 heteroatoms. The number of halogens is 3. The molecule has 0 spiro atoms. The number of nitrogens with two attached hydrogens (primary N) is 1. The normalized spacial score (nSPS) is 15.9. The number of Topliss-reactive ketones (excluding diaryl/α,β-unsaturated/α-hetero) is 1. The number of ketones is 1. The van der Waals surface area contributed by atoms with Crippen LogP contribution in [0.15, 0.2) is 70.6 Å². The van der Waals surface area contributed by atoms with Crippen LogP contribution < -0.4 is 5.73 Å². The molecule has 4 rings (SSSR count). The lowest BCUT2D eigenvalue weighted by Gasteiger charge is -2.09. The van der Waals surface area contributed by atoms with E-state index in [1.54, 1.807) is 6.08 Å². The summed E-state index contributed by atoms with van der Waals surface area (Å²) >= 11 is 1.10. The van der Waals surface area contributed by atoms with Gasteiger partial charge in [-0.2, -0.15) is 13.2 Å². The first-order valence-electron chi connectivity index (χ1n) is 10.4. The molecule has 0 radical (unpaired) electrons. The van der Waals surface area contributed by atoms with E-state index in [2.05, 4.69) is 19.1 Å². The molecule has 1 aliphatic heterocycles. The molecule has 2 nitrogen and oxygen atoms in total. The van der Waals surface area contributed by atoms with Gasteiger partial charge in [-0.3, -0.25) is 4.79 Å². The van der Waals surface area contributed by atoms with Crippen LogP contribution in [-0.4, -0.2) is 5.78 Å². The quantitative estimate of drug-likeness (QED) is 0.416. The number of rotatable bonds is 5. The van der Waals surface area contributed by atoms with Crippen LogP contribution in [0.5, 0.6) is 0 Å². The van der Waals surface area contributed by atoms with Gasteiger partial charge in [-0.25, -0.2) is 0 Å². The van der Waals surface area contributed by atoms with Crippen molar-refractivity contribution in [2.45, 2.75) is 32.4 Å². The predicted molar refractivity (Wildman–Crippen MR) is 126 cm³/mol. The summed E-state index contributed by atoms with van der Waals surface area (Å²) < 4.78 is 39.4. The molecule has 1 heterocycles. The molecule has 0 saturated carbocycles. The van der Waals surface area contributed by atoms with Crippen molar-refractivity contribution < 1.29 is 18.0 Å². The third kappa shape index (κ3) is 4.46. The molecule has 0 aliphatic carbocycles. The van der Waals surface area contributed by atoms with Crippen molar-refractivity contribution in [2.24, 2.45) is 5.73 Å². The number of benzene rings is 3. The molecule has 0 atom stereocenters. The van der Waals surface area contributed by atoms with E-state index in [-0.39, 0.29) is 21.9 Å². The summed E-state index contributed by atoms with van der Waals surface area (Å²) in [7, 11) is 0. The molecule has 0 saturated heterocycles. The molecule has 2 N–H and O–H groups in total. The Morgan fingerprint density at radius 3 is 2.56 bits per heavy atom. The maximum atomic E-state index is 13.2. The number of aryl methyl sites for hydroxylation is 1. The van der Waals surface area contributed by atoms with E-state index in [0.29, 0.717) is 4.91 Å². The summed E-state index contributed by atoms with van der Waals surface area (Å²) in [5.41, 5.74) is 7.70. The number of alkyl halides is 3. The SMILES string of the molecule is CCCCc1cc(C=C2SC(N)=C(c3cccc(C(F)(F)F)c3)C2=O)c2ccccc2c1. The Kier molecular flexibility index (Phi) is 6.15. The van der Waals surface area contributed by atoms with E-state index in [4.69, 9.17) is 5.73 Å². The van der Waals surface area contributed by atoms with Crippen molar-refractivity contribution in [3.05, 3.63) is 92.9 Å². The molecule has 0 amide bonds. The molecule has 32 heavy (non-hydrogen) atoms. The third-order valence-electron chi connectivity index (χ3n) is 5.45. The van der Waals surface area contributed by atoms with Crippen molar-refractivity contribution in [1.82, 2.24) is 0 Å². The van der Waals surface area contributed by atoms with Crippen LogP contribution in [0.3, 0.4) is 0 Å². The first kappa shape index (κ1) is 22.2. The number of allylic oxidation sites excluding steroid dienone is 2. The fourth-order valence-electron chi connectivity index (χ4n) is 3.86. The summed E-state index contributed by atoms with van der Waals surface area (Å²) in [5.74, 6) is -0.352. The molecule has 0 unspecified atom stereocenters. The summed E-state index contributed by atoms with van der Waals surface area (Å²) in [4.78, 5) is 13.6. The smallest absolute Gasteiger partial charge is 0.393 e. The highest BCUT2D eigenvalue weighted by molar-refractivity contribution is 8.08. The fraction of sp³-hybridized carbons (Fsp3) is 0.192. The summed E-state index contributed by atoms with van der Waals surface area (Å²) in [6.45, 7) is 2.14. The first-order chi connectivity index (χ1) is 15.3. The van der Waals surface area contributed by atoms with E-state index in [0.717, 1.165) is 59.5 Å². The number of carbonyl (C=O) groups is 1. The van der Waals surface area contributed by atoms with Gasteiger partial charge in [0.15, 0.2) is 0 Å². The Labute approximate surface area is 189 Å². The van der Waals surface area contributed by atoms with Gasteiger partial charge in [-0.15, -0.1) is 0 Å². The van der Waals surface area contributed by atoms with Crippen molar-refractivity contribution >= 4 is 40.0 Å². The molecule has 3 aromatic rings. The number of hydrogen-bond acceptors (Lipinski definition) is 3. The lowest BCUT2D eigenvalue weighted by Crippen LogP contribution is -2.07. The maximum absolute atomic E-state index is 13.2. The fourth-order valence-corrected chi connectivity index (χ4v) is 4.79. The molecule has 3 aromatic carbocycles. The first-order valence-corrected chi connectivity index (χ1v) is 11.2. The third-order valence-corrected chi connectivity index (χ3v) is 6.40. The van der Waals surface area contributed by atoms with Crippen LogP contribution in [0.4, 0.5) is 13.2 Å². The van der Waals surface area contributed by atoms with E-state index in [9.17, 15) is 18.0 Å². The van der Waals surface area contributed by atoms with Crippen molar-refractivity contribution in [2.75, 3.05) is 0 Å². The van der Waals surface area contributed by atoms with Gasteiger partial charge in [0.2, 0.25) is 5.78 Å². The van der Waals surface area contributed by atoms with E-state index < -0.39 is 11.7 Å². The molecule has 0 fully saturated rings. The zero-order valence-electron chi connectivity index (χ0n) is 17.5. The second-order valence-electron chi connectivity index (χ2n) is 7.77. The minimum Gasteiger partial charge on any atom is -0.393 e. The monoisotopic (exact) mass is 453 g/mol. The second kappa shape index (κ2) is 8.87. The van der Waals surface area contributed by atoms with Crippen LogP contribution in [0.25, 0.3) is 22.4 Å². The van der Waals surface area contributed by atoms with Crippen LogP contribution >= 0.6 is 11.8 Å². The number of unbranched alkanes of at least 4 members (excludes halogenated alkanes) is 1. The van der Waals surface area contributed by atoms with Gasteiger partial charge < -0.3 is 5.73 Å². The molecule has 0 aromatic heterocycles. The van der Waals surface area contributed by atoms with Gasteiger partial charge in [-0.05, 0) is 58.5 Å². The molecular formula is C26H22F3NOS. The lowest BCUT2D eigenvalue weighted by molar-refractivity contribution is -0.137. The predicted octanol–water partition coefficient (Wildman–Crippen LogP) is 7.19. The average Bonchev–Trinajstić information content (AvgIpc) is 3.04. The van der Waals surface area contributed by atoms with Gasteiger partial charge in [0.05, 0.1) is 21.1 Å². The van der Waals surface area contributed by atoms with Crippen LogP contribution in [0.1, 0.15) is 42.0 Å². The standard InChI is InChI=1S/C26H22F3NOS/c1-2-3-7-16-12-17-8-4-5-11-21(17)19(13-16)15-22-24(31)23(25(30)32-22)18-9-6-10-20(14-18)26(27,28)29/h4-6,8-15H,2-3,7,30H2,1H3. The van der Waals surface area contributed by atoms with Gasteiger partial charge in [0.1, 0.15) is 0 Å². The summed E-state index contributed by atoms with van der Waals surface area (Å²) in [6, 6.07) is 16.9. The molecule has 0 bridgehead atoms. The summed E-state index contributed by atoms with van der Waals surface area (Å²) in [5, 5.41) is 2.31. The number of thioether (sulfide) groups is 1. The van der Waals surface area contributed by atoms with Gasteiger partial charge in [-0.1, -0.05) is 73.6 Å². The molecular weight excluding hydrogens is 431 g/mol. The topological polar surface area (TPSA) is 43.1 Å². The minimum atomic E-state index is -4.49. The Morgan fingerprint density at radius 1 is 1.03 bits per heavy atom. The van der Waals surface area contributed by atoms with E-state index in [1.165, 1.54) is 17.7 Å². The Morgan fingerprint density at radius 2 is 1.81 bits per heavy atom. The Hall–Kier alpha value is -2.99. The number of carbonyl (C=O) groups excluding carboxylic acids is 1. The minimum absolute atomic E-state index is 0.124. The Bertz CT molecular complexity index is 1260. The van der Waals surface area contributed by atoms with E-state index >= 15 is 0 Å². The maximum Gasteiger partial charge on any atom is 0.416 e. The zero-order valence-corrected chi connectivity index (χ0v) is 18.3. The Balaban J connectivity index is 1.74. The highest BCUT2D eigenvalue weighted by atomic mass is 32.2. The van der Waals surface area contributed by atoms with Crippen LogP contribution in [0, 0.1) is 0 Å². The van der Waals surface area contributed by atoms with Crippen molar-refractivity contribution in [1.29, 1.82) is 0 Å². The average molecular weight is 454 g/mol. The van der Waals surface area contributed by atoms with Gasteiger partial charge in [0.25, 0.3) is 0 Å². The van der Waals surface area contributed by atoms with Gasteiger partial charge >= 0.3 is 6.18 Å². The highest BCUT2D eigenvalue weighted by Crippen LogP contribution is 2.42. The van der Waals surface area contributed by atoms with Crippen LogP contribution in [0.2, 0.25) is 0 Å². The zero-order chi connectivity index (χ0) is 22.9. The number of hydrogen-bond donors (Lipinski definition) is 1. The second-order valence-corrected chi connectivity index (χ2v) is 8.85. The molecule has 164 valence electrons. The lowest BCUT2D eigenvalue weighted by atomic mass is 9.96. The largest absolute Gasteiger partial charge is 0.416 e. The van der Waals surface area contributed by atoms with Gasteiger partial charge in [0, 0.05) is 0 Å². The number of fused-ring (bicyclic) bond motifs is 1. The van der Waals surface area contributed by atoms with E-state index in [1.807, 2.05) is 24.3 Å². The molecule has 1 aliphatic rings.